The minimum Gasteiger partial charge on any atom is -0.496 e. The van der Waals surface area contributed by atoms with Gasteiger partial charge in [-0.25, -0.2) is 4.98 Å². The molecule has 0 bridgehead atoms. The predicted octanol–water partition coefficient (Wildman–Crippen LogP) is 2.63. The average molecular weight is 310 g/mol. The van der Waals surface area contributed by atoms with E-state index in [1.807, 2.05) is 36.7 Å². The highest BCUT2D eigenvalue weighted by Gasteiger charge is 2.16. The summed E-state index contributed by atoms with van der Waals surface area (Å²) < 4.78 is 8.44. The van der Waals surface area contributed by atoms with Gasteiger partial charge in [-0.2, -0.15) is 0 Å². The van der Waals surface area contributed by atoms with Crippen LogP contribution in [0.15, 0.2) is 22.7 Å². The van der Waals surface area contributed by atoms with Crippen LogP contribution in [-0.4, -0.2) is 16.7 Å². The van der Waals surface area contributed by atoms with Gasteiger partial charge in [-0.05, 0) is 25.1 Å². The van der Waals surface area contributed by atoms with Crippen molar-refractivity contribution in [1.29, 1.82) is 0 Å². The molecule has 0 unspecified atom stereocenters. The zero-order valence-corrected chi connectivity index (χ0v) is 12.3. The molecule has 96 valence electrons. The van der Waals surface area contributed by atoms with Crippen molar-refractivity contribution >= 4 is 15.9 Å². The Bertz CT molecular complexity index is 578. The number of hydrogen-bond donors (Lipinski definition) is 1. The maximum absolute atomic E-state index is 5.69. The molecular weight excluding hydrogens is 294 g/mol. The molecule has 18 heavy (non-hydrogen) atoms. The average Bonchev–Trinajstić information content (AvgIpc) is 2.64. The van der Waals surface area contributed by atoms with Gasteiger partial charge < -0.3 is 15.0 Å². The standard InChI is InChI=1S/C13H16BrN3O/c1-8-13(17(2)12(7-15)16-8)10-6-9(14)4-5-11(10)18-3/h4-6H,7,15H2,1-3H3. The molecule has 0 saturated heterocycles. The van der Waals surface area contributed by atoms with E-state index in [1.54, 1.807) is 7.11 Å². The quantitative estimate of drug-likeness (QED) is 0.948. The van der Waals surface area contributed by atoms with Gasteiger partial charge in [0.05, 0.1) is 25.0 Å². The largest absolute Gasteiger partial charge is 0.496 e. The lowest BCUT2D eigenvalue weighted by atomic mass is 10.1. The third-order valence-corrected chi connectivity index (χ3v) is 3.45. The summed E-state index contributed by atoms with van der Waals surface area (Å²) in [7, 11) is 3.64. The summed E-state index contributed by atoms with van der Waals surface area (Å²) in [6.45, 7) is 2.41. The number of rotatable bonds is 3. The molecule has 0 saturated carbocycles. The zero-order chi connectivity index (χ0) is 13.3. The monoisotopic (exact) mass is 309 g/mol. The Hall–Kier alpha value is -1.33. The smallest absolute Gasteiger partial charge is 0.128 e. The van der Waals surface area contributed by atoms with E-state index in [0.29, 0.717) is 6.54 Å². The summed E-state index contributed by atoms with van der Waals surface area (Å²) in [6, 6.07) is 5.93. The van der Waals surface area contributed by atoms with Crippen LogP contribution in [-0.2, 0) is 13.6 Å². The van der Waals surface area contributed by atoms with Gasteiger partial charge in [0, 0.05) is 17.1 Å². The van der Waals surface area contributed by atoms with Crippen LogP contribution in [0.5, 0.6) is 5.75 Å². The molecular formula is C13H16BrN3O. The van der Waals surface area contributed by atoms with Gasteiger partial charge in [-0.3, -0.25) is 0 Å². The number of methoxy groups -OCH3 is 1. The molecule has 1 aromatic heterocycles. The van der Waals surface area contributed by atoms with Crippen molar-refractivity contribution < 1.29 is 4.74 Å². The molecule has 0 aliphatic heterocycles. The Morgan fingerprint density at radius 1 is 1.44 bits per heavy atom. The lowest BCUT2D eigenvalue weighted by Crippen LogP contribution is -2.05. The first-order chi connectivity index (χ1) is 8.58. The van der Waals surface area contributed by atoms with Crippen molar-refractivity contribution in [3.8, 4) is 17.0 Å². The molecule has 2 N–H and O–H groups in total. The summed E-state index contributed by atoms with van der Waals surface area (Å²) in [5, 5.41) is 0. The van der Waals surface area contributed by atoms with Crippen molar-refractivity contribution in [3.63, 3.8) is 0 Å². The summed E-state index contributed by atoms with van der Waals surface area (Å²) in [6.07, 6.45) is 0. The second kappa shape index (κ2) is 5.12. The summed E-state index contributed by atoms with van der Waals surface area (Å²) in [5.41, 5.74) is 8.69. The maximum atomic E-state index is 5.69. The Morgan fingerprint density at radius 2 is 2.17 bits per heavy atom. The molecule has 0 atom stereocenters. The van der Waals surface area contributed by atoms with Gasteiger partial charge in [-0.15, -0.1) is 0 Å². The van der Waals surface area contributed by atoms with Gasteiger partial charge in [0.1, 0.15) is 11.6 Å². The summed E-state index contributed by atoms with van der Waals surface area (Å²) >= 11 is 3.49. The normalized spacial score (nSPS) is 10.7. The highest BCUT2D eigenvalue weighted by molar-refractivity contribution is 9.10. The van der Waals surface area contributed by atoms with E-state index in [4.69, 9.17) is 10.5 Å². The molecule has 0 aliphatic carbocycles. The Morgan fingerprint density at radius 3 is 2.72 bits per heavy atom. The summed E-state index contributed by atoms with van der Waals surface area (Å²) in [4.78, 5) is 4.48. The van der Waals surface area contributed by atoms with Crippen molar-refractivity contribution in [1.82, 2.24) is 9.55 Å². The Labute approximate surface area is 115 Å². The van der Waals surface area contributed by atoms with Crippen LogP contribution in [0, 0.1) is 6.92 Å². The van der Waals surface area contributed by atoms with E-state index in [0.717, 1.165) is 33.0 Å². The summed E-state index contributed by atoms with van der Waals surface area (Å²) in [5.74, 6) is 1.69. The second-order valence-corrected chi connectivity index (χ2v) is 4.99. The second-order valence-electron chi connectivity index (χ2n) is 4.07. The first-order valence-electron chi connectivity index (χ1n) is 5.64. The number of aromatic nitrogens is 2. The third kappa shape index (κ3) is 2.15. The number of aryl methyl sites for hydroxylation is 1. The number of benzene rings is 1. The molecule has 5 heteroatoms. The van der Waals surface area contributed by atoms with Gasteiger partial charge in [0.25, 0.3) is 0 Å². The van der Waals surface area contributed by atoms with Crippen LogP contribution >= 0.6 is 15.9 Å². The van der Waals surface area contributed by atoms with Gasteiger partial charge >= 0.3 is 0 Å². The molecule has 0 amide bonds. The van der Waals surface area contributed by atoms with Crippen LogP contribution in [0.2, 0.25) is 0 Å². The Balaban J connectivity index is 2.68. The fourth-order valence-electron chi connectivity index (χ4n) is 2.12. The molecule has 2 aromatic rings. The van der Waals surface area contributed by atoms with E-state index in [2.05, 4.69) is 20.9 Å². The van der Waals surface area contributed by atoms with Crippen LogP contribution in [0.25, 0.3) is 11.3 Å². The fourth-order valence-corrected chi connectivity index (χ4v) is 2.48. The molecule has 0 aliphatic rings. The topological polar surface area (TPSA) is 53.1 Å². The van der Waals surface area contributed by atoms with Crippen molar-refractivity contribution in [2.75, 3.05) is 7.11 Å². The van der Waals surface area contributed by atoms with Crippen molar-refractivity contribution in [3.05, 3.63) is 34.2 Å². The van der Waals surface area contributed by atoms with Crippen molar-refractivity contribution in [2.45, 2.75) is 13.5 Å². The van der Waals surface area contributed by atoms with Gasteiger partial charge in [-0.1, -0.05) is 15.9 Å². The molecule has 0 radical (unpaired) electrons. The van der Waals surface area contributed by atoms with Crippen LogP contribution in [0.3, 0.4) is 0 Å². The number of nitrogens with zero attached hydrogens (tertiary/aromatic N) is 2. The lowest BCUT2D eigenvalue weighted by Gasteiger charge is -2.11. The third-order valence-electron chi connectivity index (χ3n) is 2.96. The number of imidazole rings is 1. The highest BCUT2D eigenvalue weighted by atomic mass is 79.9. The molecule has 0 spiro atoms. The number of ether oxygens (including phenoxy) is 1. The van der Waals surface area contributed by atoms with E-state index in [-0.39, 0.29) is 0 Å². The van der Waals surface area contributed by atoms with E-state index in [1.165, 1.54) is 0 Å². The number of hydrogen-bond acceptors (Lipinski definition) is 3. The zero-order valence-electron chi connectivity index (χ0n) is 10.7. The lowest BCUT2D eigenvalue weighted by molar-refractivity contribution is 0.416. The van der Waals surface area contributed by atoms with E-state index >= 15 is 0 Å². The maximum Gasteiger partial charge on any atom is 0.128 e. The van der Waals surface area contributed by atoms with E-state index in [9.17, 15) is 0 Å². The molecule has 1 heterocycles. The fraction of sp³-hybridized carbons (Fsp3) is 0.308. The number of halogens is 1. The van der Waals surface area contributed by atoms with Crippen LogP contribution in [0.4, 0.5) is 0 Å². The molecule has 4 nitrogen and oxygen atoms in total. The Kier molecular flexibility index (Phi) is 3.73. The highest BCUT2D eigenvalue weighted by Crippen LogP contribution is 2.34. The van der Waals surface area contributed by atoms with Gasteiger partial charge in [0.2, 0.25) is 0 Å². The first kappa shape index (κ1) is 13.1. The SMILES string of the molecule is COc1ccc(Br)cc1-c1c(C)nc(CN)n1C. The molecule has 0 fully saturated rings. The predicted molar refractivity (Wildman–Crippen MR) is 75.5 cm³/mol. The minimum atomic E-state index is 0.424. The van der Waals surface area contributed by atoms with Gasteiger partial charge in [0.15, 0.2) is 0 Å². The molecule has 2 rings (SSSR count). The van der Waals surface area contributed by atoms with Crippen LogP contribution < -0.4 is 10.5 Å². The first-order valence-corrected chi connectivity index (χ1v) is 6.44. The molecule has 1 aromatic carbocycles. The van der Waals surface area contributed by atoms with Crippen LogP contribution in [0.1, 0.15) is 11.5 Å². The minimum absolute atomic E-state index is 0.424. The number of nitrogens with two attached hydrogens (primary N) is 1. The van der Waals surface area contributed by atoms with E-state index < -0.39 is 0 Å². The van der Waals surface area contributed by atoms with Crippen molar-refractivity contribution in [2.24, 2.45) is 12.8 Å².